The number of aliphatic hydroxyl groups is 3. The van der Waals surface area contributed by atoms with Gasteiger partial charge in [-0.15, -0.1) is 0 Å². The molecule has 7 heteroatoms. The number of rotatable bonds is 5. The second kappa shape index (κ2) is 9.22. The lowest BCUT2D eigenvalue weighted by atomic mass is 10.2. The fourth-order valence-electron chi connectivity index (χ4n) is 1.04. The van der Waals surface area contributed by atoms with E-state index in [0.717, 1.165) is 5.56 Å². The zero-order valence-corrected chi connectivity index (χ0v) is 14.4. The summed E-state index contributed by atoms with van der Waals surface area (Å²) in [6, 6.07) is 6.37. The molecule has 1 rings (SSSR count). The van der Waals surface area contributed by atoms with Crippen LogP contribution in [-0.2, 0) is 14.3 Å². The van der Waals surface area contributed by atoms with Crippen molar-refractivity contribution in [3.05, 3.63) is 29.8 Å². The fraction of sp³-hybridized carbons (Fsp3) is 0.600. The predicted octanol–water partition coefficient (Wildman–Crippen LogP) is 1.22. The van der Waals surface area contributed by atoms with Crippen LogP contribution in [0.15, 0.2) is 29.2 Å². The van der Waals surface area contributed by atoms with Gasteiger partial charge in [0.1, 0.15) is 6.10 Å². The van der Waals surface area contributed by atoms with Crippen molar-refractivity contribution in [1.82, 2.24) is 0 Å². The normalized spacial score (nSPS) is 16.9. The Labute approximate surface area is 132 Å². The summed E-state index contributed by atoms with van der Waals surface area (Å²) in [5.41, 5.74) is 0.975. The van der Waals surface area contributed by atoms with Crippen molar-refractivity contribution in [1.29, 1.82) is 0 Å². The first-order chi connectivity index (χ1) is 9.97. The molecule has 0 amide bonds. The standard InChI is InChI=1S/C11H16O4S.C4H10O2/c1-8-4-6-11(7-5-8)16(13,14)15-10(3)9(2)12;1-3(5)4(2)6/h4-7,9-10,12H,1-3H3;3-6H,1-2H3/t9-,10+;3-,4+/m0./s1. The zero-order valence-electron chi connectivity index (χ0n) is 13.6. The minimum Gasteiger partial charge on any atom is -0.391 e. The molecule has 0 aliphatic heterocycles. The van der Waals surface area contributed by atoms with Crippen molar-refractivity contribution in [2.75, 3.05) is 0 Å². The lowest BCUT2D eigenvalue weighted by molar-refractivity contribution is 0.0438. The van der Waals surface area contributed by atoms with Crippen molar-refractivity contribution in [2.24, 2.45) is 0 Å². The summed E-state index contributed by atoms with van der Waals surface area (Å²) in [5.74, 6) is 0. The summed E-state index contributed by atoms with van der Waals surface area (Å²) in [7, 11) is -3.78. The molecule has 3 N–H and O–H groups in total. The zero-order chi connectivity index (χ0) is 17.5. The quantitative estimate of drug-likeness (QED) is 0.699. The van der Waals surface area contributed by atoms with E-state index in [1.165, 1.54) is 26.0 Å². The Balaban J connectivity index is 0.000000626. The van der Waals surface area contributed by atoms with E-state index in [2.05, 4.69) is 0 Å². The highest BCUT2D eigenvalue weighted by atomic mass is 32.2. The number of hydrogen-bond acceptors (Lipinski definition) is 6. The SMILES string of the molecule is C[C@H](O)[C@@H](C)O.Cc1ccc(S(=O)(=O)O[C@H](C)[C@H](C)O)cc1. The van der Waals surface area contributed by atoms with E-state index >= 15 is 0 Å². The van der Waals surface area contributed by atoms with Crippen LogP contribution in [0.2, 0.25) is 0 Å². The molecule has 22 heavy (non-hydrogen) atoms. The maximum atomic E-state index is 11.7. The molecule has 0 saturated carbocycles. The summed E-state index contributed by atoms with van der Waals surface area (Å²) in [6.45, 7) is 7.96. The van der Waals surface area contributed by atoms with E-state index in [1.54, 1.807) is 26.0 Å². The van der Waals surface area contributed by atoms with Gasteiger partial charge in [-0.25, -0.2) is 0 Å². The van der Waals surface area contributed by atoms with Gasteiger partial charge >= 0.3 is 0 Å². The van der Waals surface area contributed by atoms with Crippen molar-refractivity contribution in [2.45, 2.75) is 63.9 Å². The van der Waals surface area contributed by atoms with Gasteiger partial charge in [-0.3, -0.25) is 4.18 Å². The van der Waals surface area contributed by atoms with E-state index in [0.29, 0.717) is 0 Å². The van der Waals surface area contributed by atoms with Gasteiger partial charge in [0.05, 0.1) is 23.2 Å². The highest BCUT2D eigenvalue weighted by molar-refractivity contribution is 7.86. The Kier molecular flexibility index (Phi) is 8.80. The van der Waals surface area contributed by atoms with Gasteiger partial charge < -0.3 is 15.3 Å². The minimum absolute atomic E-state index is 0.102. The van der Waals surface area contributed by atoms with Crippen LogP contribution in [0.5, 0.6) is 0 Å². The van der Waals surface area contributed by atoms with E-state index < -0.39 is 34.5 Å². The molecule has 1 aromatic rings. The minimum atomic E-state index is -3.78. The van der Waals surface area contributed by atoms with Gasteiger partial charge in [0, 0.05) is 0 Å². The highest BCUT2D eigenvalue weighted by Gasteiger charge is 2.21. The number of aliphatic hydroxyl groups excluding tert-OH is 3. The Morgan fingerprint density at radius 1 is 0.864 bits per heavy atom. The first kappa shape index (κ1) is 21.0. The van der Waals surface area contributed by atoms with E-state index in [1.807, 2.05) is 6.92 Å². The van der Waals surface area contributed by atoms with E-state index in [4.69, 9.17) is 14.4 Å². The smallest absolute Gasteiger partial charge is 0.297 e. The first-order valence-electron chi connectivity index (χ1n) is 7.01. The first-order valence-corrected chi connectivity index (χ1v) is 8.42. The molecule has 0 unspecified atom stereocenters. The van der Waals surface area contributed by atoms with Gasteiger partial charge in [-0.05, 0) is 46.8 Å². The molecule has 4 atom stereocenters. The third-order valence-electron chi connectivity index (χ3n) is 2.97. The molecule has 6 nitrogen and oxygen atoms in total. The van der Waals surface area contributed by atoms with Crippen LogP contribution in [0.1, 0.15) is 33.3 Å². The van der Waals surface area contributed by atoms with Crippen LogP contribution >= 0.6 is 0 Å². The molecule has 0 spiro atoms. The molecule has 0 fully saturated rings. The highest BCUT2D eigenvalue weighted by Crippen LogP contribution is 2.16. The molecular formula is C15H26O6S. The van der Waals surface area contributed by atoms with Crippen molar-refractivity contribution in [3.8, 4) is 0 Å². The number of aryl methyl sites for hydroxylation is 1. The Hall–Kier alpha value is -0.990. The molecular weight excluding hydrogens is 308 g/mol. The third-order valence-corrected chi connectivity index (χ3v) is 4.37. The van der Waals surface area contributed by atoms with Crippen molar-refractivity contribution >= 4 is 10.1 Å². The van der Waals surface area contributed by atoms with Crippen LogP contribution in [0, 0.1) is 6.92 Å². The largest absolute Gasteiger partial charge is 0.391 e. The van der Waals surface area contributed by atoms with Crippen LogP contribution in [0.4, 0.5) is 0 Å². The van der Waals surface area contributed by atoms with Gasteiger partial charge in [0.15, 0.2) is 0 Å². The second-order valence-corrected chi connectivity index (χ2v) is 6.86. The molecule has 0 aliphatic carbocycles. The maximum absolute atomic E-state index is 11.7. The molecule has 0 radical (unpaired) electrons. The topological polar surface area (TPSA) is 104 Å². The number of benzene rings is 1. The van der Waals surface area contributed by atoms with E-state index in [9.17, 15) is 13.5 Å². The van der Waals surface area contributed by atoms with Crippen LogP contribution in [-0.4, -0.2) is 48.2 Å². The molecule has 0 bridgehead atoms. The van der Waals surface area contributed by atoms with Gasteiger partial charge in [0.25, 0.3) is 10.1 Å². The third kappa shape index (κ3) is 7.86. The van der Waals surface area contributed by atoms with Gasteiger partial charge in [-0.1, -0.05) is 17.7 Å². The van der Waals surface area contributed by atoms with E-state index in [-0.39, 0.29) is 4.90 Å². The second-order valence-electron chi connectivity index (χ2n) is 5.29. The van der Waals surface area contributed by atoms with Gasteiger partial charge in [0.2, 0.25) is 0 Å². The van der Waals surface area contributed by atoms with Crippen molar-refractivity contribution < 1.29 is 27.9 Å². The van der Waals surface area contributed by atoms with Crippen molar-refractivity contribution in [3.63, 3.8) is 0 Å². The molecule has 0 saturated heterocycles. The van der Waals surface area contributed by atoms with Crippen LogP contribution in [0.3, 0.4) is 0 Å². The maximum Gasteiger partial charge on any atom is 0.297 e. The van der Waals surface area contributed by atoms with Crippen LogP contribution < -0.4 is 0 Å². The number of hydrogen-bond donors (Lipinski definition) is 3. The van der Waals surface area contributed by atoms with Gasteiger partial charge in [-0.2, -0.15) is 8.42 Å². The van der Waals surface area contributed by atoms with Crippen LogP contribution in [0.25, 0.3) is 0 Å². The molecule has 0 heterocycles. The lowest BCUT2D eigenvalue weighted by Crippen LogP contribution is -2.26. The summed E-state index contributed by atoms with van der Waals surface area (Å²) >= 11 is 0. The molecule has 0 aliphatic rings. The predicted molar refractivity (Wildman–Crippen MR) is 84.0 cm³/mol. The Morgan fingerprint density at radius 3 is 1.59 bits per heavy atom. The fourth-order valence-corrected chi connectivity index (χ4v) is 2.18. The lowest BCUT2D eigenvalue weighted by Gasteiger charge is -2.15. The average Bonchev–Trinajstić information content (AvgIpc) is 2.39. The molecule has 0 aromatic heterocycles. The summed E-state index contributed by atoms with van der Waals surface area (Å²) in [6.07, 6.45) is -2.78. The monoisotopic (exact) mass is 334 g/mol. The Morgan fingerprint density at radius 2 is 1.27 bits per heavy atom. The summed E-state index contributed by atoms with van der Waals surface area (Å²) < 4.78 is 28.3. The summed E-state index contributed by atoms with van der Waals surface area (Å²) in [5, 5.41) is 25.9. The molecule has 1 aromatic carbocycles. The average molecular weight is 334 g/mol. The Bertz CT molecular complexity index is 513. The summed E-state index contributed by atoms with van der Waals surface area (Å²) in [4.78, 5) is 0.102. The molecule has 128 valence electrons.